The minimum absolute atomic E-state index is 0.00223. The zero-order valence-corrected chi connectivity index (χ0v) is 24.4. The average Bonchev–Trinajstić information content (AvgIpc) is 3.92. The van der Waals surface area contributed by atoms with E-state index < -0.39 is 0 Å². The maximum absolute atomic E-state index is 12.9. The van der Waals surface area contributed by atoms with Crippen LogP contribution in [-0.2, 0) is 11.3 Å². The highest BCUT2D eigenvalue weighted by atomic mass is 35.5. The number of piperazine rings is 1. The lowest BCUT2D eigenvalue weighted by Crippen LogP contribution is -2.50. The first kappa shape index (κ1) is 26.0. The van der Waals surface area contributed by atoms with Crippen LogP contribution in [0, 0.1) is 5.92 Å². The van der Waals surface area contributed by atoms with Gasteiger partial charge in [0.2, 0.25) is 5.91 Å². The number of pyridine rings is 2. The van der Waals surface area contributed by atoms with Gasteiger partial charge in [0.25, 0.3) is 0 Å². The molecule has 2 saturated heterocycles. The number of nitrogens with one attached hydrogen (secondary N) is 2. The van der Waals surface area contributed by atoms with E-state index in [-0.39, 0.29) is 17.7 Å². The van der Waals surface area contributed by atoms with E-state index in [2.05, 4.69) is 48.3 Å². The number of hydrogen-bond acceptors (Lipinski definition) is 6. The second kappa shape index (κ2) is 10.6. The zero-order chi connectivity index (χ0) is 28.2. The SMILES string of the molecule is O=C(Nc1cc(NCc2cn3cc(C4CC4)cc(N4CCN5CCCC5C4)c3n2)ccn1)[C@H]1C[C@@H]1c1cccc(Cl)c1. The minimum Gasteiger partial charge on any atom is -0.379 e. The first-order valence-electron chi connectivity index (χ1n) is 15.3. The molecule has 2 saturated carbocycles. The third-order valence-electron chi connectivity index (χ3n) is 9.47. The molecule has 2 N–H and O–H groups in total. The summed E-state index contributed by atoms with van der Waals surface area (Å²) >= 11 is 6.14. The Balaban J connectivity index is 0.954. The Hall–Kier alpha value is -3.62. The third kappa shape index (κ3) is 5.22. The molecule has 9 heteroatoms. The quantitative estimate of drug-likeness (QED) is 0.270. The fraction of sp³-hybridized carbons (Fsp3) is 0.424. The van der Waals surface area contributed by atoms with Crippen LogP contribution >= 0.6 is 11.6 Å². The number of imidazole rings is 1. The first-order valence-corrected chi connectivity index (χ1v) is 15.7. The fourth-order valence-corrected chi connectivity index (χ4v) is 7.13. The Morgan fingerprint density at radius 3 is 2.83 bits per heavy atom. The lowest BCUT2D eigenvalue weighted by atomic mass is 10.1. The van der Waals surface area contributed by atoms with Crippen LogP contribution < -0.4 is 15.5 Å². The van der Waals surface area contributed by atoms with E-state index >= 15 is 0 Å². The topological polar surface area (TPSA) is 77.8 Å². The number of carbonyl (C=O) groups is 1. The van der Waals surface area contributed by atoms with E-state index in [1.807, 2.05) is 36.4 Å². The van der Waals surface area contributed by atoms with Crippen LogP contribution in [0.5, 0.6) is 0 Å². The predicted octanol–water partition coefficient (Wildman–Crippen LogP) is 5.90. The van der Waals surface area contributed by atoms with Crippen molar-refractivity contribution in [3.8, 4) is 0 Å². The van der Waals surface area contributed by atoms with E-state index in [4.69, 9.17) is 16.6 Å². The van der Waals surface area contributed by atoms with Gasteiger partial charge >= 0.3 is 0 Å². The molecule has 2 aliphatic carbocycles. The molecule has 8 nitrogen and oxygen atoms in total. The Morgan fingerprint density at radius 1 is 1.02 bits per heavy atom. The van der Waals surface area contributed by atoms with Gasteiger partial charge in [-0.25, -0.2) is 9.97 Å². The number of halogens is 1. The molecule has 1 amide bonds. The Labute approximate surface area is 251 Å². The molecule has 5 heterocycles. The van der Waals surface area contributed by atoms with Crippen molar-refractivity contribution < 1.29 is 4.79 Å². The molecule has 0 bridgehead atoms. The van der Waals surface area contributed by atoms with Gasteiger partial charge in [-0.2, -0.15) is 0 Å². The van der Waals surface area contributed by atoms with Gasteiger partial charge in [0.1, 0.15) is 5.82 Å². The van der Waals surface area contributed by atoms with Crippen molar-refractivity contribution in [1.82, 2.24) is 19.3 Å². The Morgan fingerprint density at radius 2 is 1.95 bits per heavy atom. The lowest BCUT2D eigenvalue weighted by molar-refractivity contribution is -0.117. The highest BCUT2D eigenvalue weighted by molar-refractivity contribution is 6.30. The molecule has 216 valence electrons. The van der Waals surface area contributed by atoms with Crippen LogP contribution in [0.25, 0.3) is 5.65 Å². The normalized spacial score (nSPS) is 23.6. The summed E-state index contributed by atoms with van der Waals surface area (Å²) in [7, 11) is 0. The van der Waals surface area contributed by atoms with Gasteiger partial charge in [0.05, 0.1) is 17.9 Å². The van der Waals surface area contributed by atoms with Crippen molar-refractivity contribution in [2.75, 3.05) is 41.7 Å². The van der Waals surface area contributed by atoms with Gasteiger partial charge in [-0.3, -0.25) is 9.69 Å². The van der Waals surface area contributed by atoms with Crippen LogP contribution in [0.4, 0.5) is 17.2 Å². The molecule has 4 fully saturated rings. The molecule has 3 atom stereocenters. The average molecular weight is 582 g/mol. The lowest BCUT2D eigenvalue weighted by Gasteiger charge is -2.39. The Kier molecular flexibility index (Phi) is 6.56. The second-order valence-corrected chi connectivity index (χ2v) is 12.9. The molecular formula is C33H36ClN7O. The van der Waals surface area contributed by atoms with Gasteiger partial charge in [-0.15, -0.1) is 0 Å². The summed E-state index contributed by atoms with van der Waals surface area (Å²) in [5, 5.41) is 7.21. The largest absolute Gasteiger partial charge is 0.379 e. The molecule has 0 spiro atoms. The summed E-state index contributed by atoms with van der Waals surface area (Å²) < 4.78 is 2.24. The molecule has 1 unspecified atom stereocenters. The van der Waals surface area contributed by atoms with Gasteiger partial charge in [-0.1, -0.05) is 23.7 Å². The van der Waals surface area contributed by atoms with E-state index in [0.29, 0.717) is 29.3 Å². The molecular weight excluding hydrogens is 546 g/mol. The highest BCUT2D eigenvalue weighted by Gasteiger charge is 2.44. The highest BCUT2D eigenvalue weighted by Crippen LogP contribution is 2.48. The number of hydrogen-bond donors (Lipinski definition) is 2. The van der Waals surface area contributed by atoms with Gasteiger partial charge < -0.3 is 19.9 Å². The maximum atomic E-state index is 12.9. The van der Waals surface area contributed by atoms with Crippen molar-refractivity contribution in [2.45, 2.75) is 56.5 Å². The third-order valence-corrected chi connectivity index (χ3v) is 9.70. The monoisotopic (exact) mass is 581 g/mol. The van der Waals surface area contributed by atoms with Crippen LogP contribution in [0.3, 0.4) is 0 Å². The smallest absolute Gasteiger partial charge is 0.229 e. The number of rotatable bonds is 8. The minimum atomic E-state index is -0.0498. The maximum Gasteiger partial charge on any atom is 0.229 e. The number of amides is 1. The number of fused-ring (bicyclic) bond motifs is 2. The van der Waals surface area contributed by atoms with Gasteiger partial charge in [0.15, 0.2) is 5.65 Å². The van der Waals surface area contributed by atoms with Crippen LogP contribution in [-0.4, -0.2) is 57.4 Å². The van der Waals surface area contributed by atoms with Crippen LogP contribution in [0.2, 0.25) is 5.02 Å². The summed E-state index contributed by atoms with van der Waals surface area (Å²) in [5.74, 6) is 1.41. The molecule has 4 aliphatic rings. The summed E-state index contributed by atoms with van der Waals surface area (Å²) in [5.41, 5.74) is 6.77. The number of anilines is 3. The van der Waals surface area contributed by atoms with E-state index in [1.165, 1.54) is 43.5 Å². The number of aromatic nitrogens is 3. The fourth-order valence-electron chi connectivity index (χ4n) is 6.93. The molecule has 4 aromatic rings. The van der Waals surface area contributed by atoms with Crippen molar-refractivity contribution in [2.24, 2.45) is 5.92 Å². The number of nitrogens with zero attached hydrogens (tertiary/aromatic N) is 5. The number of benzene rings is 1. The molecule has 1 aromatic carbocycles. The molecule has 42 heavy (non-hydrogen) atoms. The summed E-state index contributed by atoms with van der Waals surface area (Å²) in [6.45, 7) is 5.14. The summed E-state index contributed by atoms with van der Waals surface area (Å²) in [6, 6.07) is 14.7. The van der Waals surface area contributed by atoms with Crippen molar-refractivity contribution in [3.63, 3.8) is 0 Å². The van der Waals surface area contributed by atoms with E-state index in [9.17, 15) is 4.79 Å². The Bertz CT molecular complexity index is 1650. The van der Waals surface area contributed by atoms with Gasteiger partial charge in [0, 0.05) is 67.0 Å². The zero-order valence-electron chi connectivity index (χ0n) is 23.7. The van der Waals surface area contributed by atoms with Crippen molar-refractivity contribution in [3.05, 3.63) is 82.9 Å². The summed E-state index contributed by atoms with van der Waals surface area (Å²) in [4.78, 5) is 27.6. The van der Waals surface area contributed by atoms with E-state index in [1.54, 1.807) is 6.20 Å². The molecule has 8 rings (SSSR count). The van der Waals surface area contributed by atoms with Crippen LogP contribution in [0.1, 0.15) is 60.8 Å². The summed E-state index contributed by atoms with van der Waals surface area (Å²) in [6.07, 6.45) is 12.2. The molecule has 2 aliphatic heterocycles. The van der Waals surface area contributed by atoms with E-state index in [0.717, 1.165) is 48.6 Å². The molecule has 0 radical (unpaired) electrons. The number of carbonyl (C=O) groups excluding carboxylic acids is 1. The van der Waals surface area contributed by atoms with Crippen LogP contribution in [0.15, 0.2) is 61.1 Å². The predicted molar refractivity (Wildman–Crippen MR) is 166 cm³/mol. The van der Waals surface area contributed by atoms with Gasteiger partial charge in [-0.05, 0) is 85.9 Å². The van der Waals surface area contributed by atoms with Crippen molar-refractivity contribution in [1.29, 1.82) is 0 Å². The first-order chi connectivity index (χ1) is 20.6. The standard InChI is InChI=1S/C33H36ClN7O/c34-24-4-1-3-22(13-24)28-16-29(28)33(42)38-31-15-25(8-9-35-31)36-17-26-19-41-18-23(21-6-7-21)14-30(32(41)37-26)40-12-11-39-10-2-5-27(39)20-40/h1,3-4,8-9,13-15,18-19,21,27-29H,2,5-7,10-12,16-17,20H2,(H2,35,36,38,42)/t27?,28-,29+/m1/s1. The molecule has 3 aromatic heterocycles. The van der Waals surface area contributed by atoms with Crippen molar-refractivity contribution >= 4 is 40.3 Å². The second-order valence-electron chi connectivity index (χ2n) is 12.5.